The van der Waals surface area contributed by atoms with Crippen molar-refractivity contribution in [2.24, 2.45) is 0 Å². The molecule has 30 heavy (non-hydrogen) atoms. The number of esters is 1. The van der Waals surface area contributed by atoms with Crippen LogP contribution in [0, 0.1) is 5.82 Å². The second-order valence-corrected chi connectivity index (χ2v) is 7.23. The van der Waals surface area contributed by atoms with E-state index in [4.69, 9.17) is 14.2 Å². The summed E-state index contributed by atoms with van der Waals surface area (Å²) >= 11 is 0. The van der Waals surface area contributed by atoms with Gasteiger partial charge in [-0.25, -0.2) is 14.0 Å². The fourth-order valence-electron chi connectivity index (χ4n) is 3.56. The van der Waals surface area contributed by atoms with E-state index in [1.54, 1.807) is 51.1 Å². The van der Waals surface area contributed by atoms with Crippen molar-refractivity contribution >= 4 is 17.7 Å². The molecular weight excluding hydrogens is 391 g/mol. The van der Waals surface area contributed by atoms with Gasteiger partial charge in [-0.15, -0.1) is 0 Å². The number of hydrogen-bond acceptors (Lipinski definition) is 5. The lowest BCUT2D eigenvalue weighted by atomic mass is 9.94. The lowest BCUT2D eigenvalue weighted by Crippen LogP contribution is -2.48. The number of nitrogens with zero attached hydrogens (tertiary/aromatic N) is 1. The minimum Gasteiger partial charge on any atom is -0.459 e. The molecule has 2 aromatic rings. The number of carbonyl (C=O) groups is 2. The first-order chi connectivity index (χ1) is 14.4. The van der Waals surface area contributed by atoms with Gasteiger partial charge in [0, 0.05) is 17.3 Å². The van der Waals surface area contributed by atoms with Gasteiger partial charge in [-0.05, 0) is 39.0 Å². The fourth-order valence-corrected chi connectivity index (χ4v) is 3.56. The first-order valence-electron chi connectivity index (χ1n) is 9.53. The first kappa shape index (κ1) is 19.8. The SMILES string of the molecule is CC1=C(C(=O)OC(C)C)C(c2ccccc2F)NC(=O)N1c1ccc2c(c1)OCO2. The van der Waals surface area contributed by atoms with Gasteiger partial charge in [0.05, 0.1) is 23.4 Å². The summed E-state index contributed by atoms with van der Waals surface area (Å²) in [4.78, 5) is 27.3. The van der Waals surface area contributed by atoms with Gasteiger partial charge in [0.15, 0.2) is 11.5 Å². The summed E-state index contributed by atoms with van der Waals surface area (Å²) in [5, 5.41) is 2.74. The van der Waals surface area contributed by atoms with Gasteiger partial charge in [0.2, 0.25) is 6.79 Å². The Morgan fingerprint density at radius 2 is 1.93 bits per heavy atom. The van der Waals surface area contributed by atoms with Crippen LogP contribution in [0.5, 0.6) is 11.5 Å². The minimum atomic E-state index is -0.977. The molecule has 1 N–H and O–H groups in total. The Bertz CT molecular complexity index is 1050. The quantitative estimate of drug-likeness (QED) is 0.767. The fraction of sp³-hybridized carbons (Fsp3) is 0.273. The van der Waals surface area contributed by atoms with Crippen LogP contribution in [0.1, 0.15) is 32.4 Å². The molecule has 1 atom stereocenters. The normalized spacial score (nSPS) is 18.0. The molecule has 2 heterocycles. The summed E-state index contributed by atoms with van der Waals surface area (Å²) in [6.45, 7) is 5.18. The van der Waals surface area contributed by atoms with Gasteiger partial charge < -0.3 is 19.5 Å². The van der Waals surface area contributed by atoms with Gasteiger partial charge in [-0.1, -0.05) is 18.2 Å². The number of urea groups is 1. The number of nitrogens with one attached hydrogen (secondary N) is 1. The van der Waals surface area contributed by atoms with Gasteiger partial charge in [0.25, 0.3) is 0 Å². The molecule has 2 aliphatic heterocycles. The van der Waals surface area contributed by atoms with Crippen molar-refractivity contribution < 1.29 is 28.2 Å². The largest absolute Gasteiger partial charge is 0.459 e. The molecule has 7 nitrogen and oxygen atoms in total. The maximum atomic E-state index is 14.5. The third-order valence-electron chi connectivity index (χ3n) is 4.88. The molecule has 0 bridgehead atoms. The molecule has 0 saturated carbocycles. The Labute approximate surface area is 173 Å². The van der Waals surface area contributed by atoms with Crippen LogP contribution >= 0.6 is 0 Å². The van der Waals surface area contributed by atoms with Crippen LogP contribution < -0.4 is 19.7 Å². The maximum absolute atomic E-state index is 14.5. The highest BCUT2D eigenvalue weighted by Gasteiger charge is 2.38. The van der Waals surface area contributed by atoms with E-state index >= 15 is 0 Å². The minimum absolute atomic E-state index is 0.0983. The van der Waals surface area contributed by atoms with Crippen LogP contribution in [0.2, 0.25) is 0 Å². The molecule has 0 radical (unpaired) electrons. The zero-order valence-electron chi connectivity index (χ0n) is 16.8. The van der Waals surface area contributed by atoms with Crippen molar-refractivity contribution in [1.29, 1.82) is 0 Å². The van der Waals surface area contributed by atoms with Gasteiger partial charge in [-0.2, -0.15) is 0 Å². The molecule has 0 aromatic heterocycles. The van der Waals surface area contributed by atoms with Crippen molar-refractivity contribution in [2.45, 2.75) is 32.9 Å². The van der Waals surface area contributed by atoms with E-state index in [0.29, 0.717) is 22.9 Å². The molecule has 2 aliphatic rings. The maximum Gasteiger partial charge on any atom is 0.338 e. The second-order valence-electron chi connectivity index (χ2n) is 7.23. The molecule has 0 aliphatic carbocycles. The number of anilines is 1. The van der Waals surface area contributed by atoms with Crippen LogP contribution in [0.15, 0.2) is 53.7 Å². The predicted octanol–water partition coefficient (Wildman–Crippen LogP) is 4.05. The van der Waals surface area contributed by atoms with E-state index in [9.17, 15) is 14.0 Å². The highest BCUT2D eigenvalue weighted by atomic mass is 19.1. The van der Waals surface area contributed by atoms with Crippen LogP contribution in [0.4, 0.5) is 14.9 Å². The average Bonchev–Trinajstić information content (AvgIpc) is 3.15. The molecule has 0 saturated heterocycles. The highest BCUT2D eigenvalue weighted by molar-refractivity contribution is 6.03. The van der Waals surface area contributed by atoms with Crippen molar-refractivity contribution in [3.8, 4) is 11.5 Å². The summed E-state index contributed by atoms with van der Waals surface area (Å²) in [5.74, 6) is -0.0828. The van der Waals surface area contributed by atoms with E-state index in [1.165, 1.54) is 17.0 Å². The number of benzene rings is 2. The molecular formula is C22H21FN2O5. The number of hydrogen-bond donors (Lipinski definition) is 1. The average molecular weight is 412 g/mol. The van der Waals surface area contributed by atoms with Gasteiger partial charge in [-0.3, -0.25) is 4.90 Å². The summed E-state index contributed by atoms with van der Waals surface area (Å²) in [6.07, 6.45) is -0.379. The molecule has 156 valence electrons. The molecule has 8 heteroatoms. The Morgan fingerprint density at radius 3 is 2.67 bits per heavy atom. The third kappa shape index (κ3) is 3.45. The summed E-state index contributed by atoms with van der Waals surface area (Å²) in [6, 6.07) is 9.56. The van der Waals surface area contributed by atoms with E-state index in [1.807, 2.05) is 0 Å². The molecule has 2 aromatic carbocycles. The topological polar surface area (TPSA) is 77.1 Å². The molecule has 4 rings (SSSR count). The van der Waals surface area contributed by atoms with Crippen molar-refractivity contribution in [3.05, 3.63) is 65.1 Å². The van der Waals surface area contributed by atoms with Crippen LogP contribution in [0.3, 0.4) is 0 Å². The number of carbonyl (C=O) groups excluding carboxylic acids is 2. The molecule has 1 unspecified atom stereocenters. The Hall–Kier alpha value is -3.55. The van der Waals surface area contributed by atoms with Crippen LogP contribution in [-0.2, 0) is 9.53 Å². The zero-order chi connectivity index (χ0) is 21.4. The lowest BCUT2D eigenvalue weighted by molar-refractivity contribution is -0.143. The van der Waals surface area contributed by atoms with Gasteiger partial charge in [0.1, 0.15) is 5.82 Å². The Kier molecular flexibility index (Phi) is 5.07. The van der Waals surface area contributed by atoms with Gasteiger partial charge >= 0.3 is 12.0 Å². The predicted molar refractivity (Wildman–Crippen MR) is 107 cm³/mol. The van der Waals surface area contributed by atoms with Crippen molar-refractivity contribution in [2.75, 3.05) is 11.7 Å². The number of rotatable bonds is 4. The standard InChI is InChI=1S/C22H21FN2O5/c1-12(2)30-21(26)19-13(3)25(14-8-9-17-18(10-14)29-11-28-17)22(27)24-20(19)15-6-4-5-7-16(15)23/h4-10,12,20H,11H2,1-3H3,(H,24,27). The number of halogens is 1. The lowest BCUT2D eigenvalue weighted by Gasteiger charge is -2.35. The van der Waals surface area contributed by atoms with Crippen molar-refractivity contribution in [3.63, 3.8) is 0 Å². The summed E-state index contributed by atoms with van der Waals surface area (Å²) in [7, 11) is 0. The summed E-state index contributed by atoms with van der Waals surface area (Å²) < 4.78 is 30.6. The van der Waals surface area contributed by atoms with Crippen LogP contribution in [0.25, 0.3) is 0 Å². The van der Waals surface area contributed by atoms with E-state index in [-0.39, 0.29) is 24.0 Å². The first-order valence-corrected chi connectivity index (χ1v) is 9.53. The van der Waals surface area contributed by atoms with E-state index < -0.39 is 23.9 Å². The summed E-state index contributed by atoms with van der Waals surface area (Å²) in [5.41, 5.74) is 1.17. The Morgan fingerprint density at radius 1 is 1.20 bits per heavy atom. The highest BCUT2D eigenvalue weighted by Crippen LogP contribution is 2.39. The number of ether oxygens (including phenoxy) is 3. The monoisotopic (exact) mass is 412 g/mol. The third-order valence-corrected chi connectivity index (χ3v) is 4.88. The van der Waals surface area contributed by atoms with E-state index in [2.05, 4.69) is 5.32 Å². The molecule has 2 amide bonds. The zero-order valence-corrected chi connectivity index (χ0v) is 16.8. The Balaban J connectivity index is 1.83. The number of fused-ring (bicyclic) bond motifs is 1. The molecule has 0 spiro atoms. The molecule has 0 fully saturated rings. The smallest absolute Gasteiger partial charge is 0.338 e. The van der Waals surface area contributed by atoms with E-state index in [0.717, 1.165) is 0 Å². The second kappa shape index (κ2) is 7.70. The number of amides is 2. The van der Waals surface area contributed by atoms with Crippen molar-refractivity contribution in [1.82, 2.24) is 5.32 Å². The number of allylic oxidation sites excluding steroid dienone is 1. The van der Waals surface area contributed by atoms with Crippen LogP contribution in [-0.4, -0.2) is 24.9 Å².